The molecule has 0 saturated carbocycles. The second kappa shape index (κ2) is 15.9. The summed E-state index contributed by atoms with van der Waals surface area (Å²) in [4.78, 5) is 80.4. The Balaban J connectivity index is 1.83. The number of aliphatic carboxylic acids is 2. The van der Waals surface area contributed by atoms with Gasteiger partial charge in [-0.15, -0.1) is 0 Å². The van der Waals surface area contributed by atoms with Crippen LogP contribution in [0.25, 0.3) is 39.3 Å². The highest BCUT2D eigenvalue weighted by molar-refractivity contribution is 6.26. The lowest BCUT2D eigenvalue weighted by Gasteiger charge is -2.19. The molecule has 0 unspecified atom stereocenters. The Morgan fingerprint density at radius 1 is 0.926 bits per heavy atom. The highest BCUT2D eigenvalue weighted by Gasteiger charge is 2.38. The number of hydrogen-bond acceptors (Lipinski definition) is 9. The van der Waals surface area contributed by atoms with Gasteiger partial charge in [-0.3, -0.25) is 14.6 Å². The van der Waals surface area contributed by atoms with Gasteiger partial charge in [0.15, 0.2) is 0 Å². The lowest BCUT2D eigenvalue weighted by molar-refractivity contribution is -0.143. The SMILES string of the molecule is C=Cc1c(C)c2cc3nc(c(C(=O)OC)c4nc(cc5[nH]c(cc1[nH]2)c(C)c5CC)C(C)=C4C(=O)OC)[C@@H](CCC(=O)N[C@@H](CCC(=O)O)C(=O)O)[C@@H]3C. The molecule has 3 atom stereocenters. The number of carboxylic acids is 2. The fourth-order valence-corrected chi connectivity index (χ4v) is 7.31. The second-order valence-electron chi connectivity index (χ2n) is 13.5. The molecule has 0 saturated heterocycles. The van der Waals surface area contributed by atoms with Gasteiger partial charge in [0.25, 0.3) is 0 Å². The molecule has 0 aliphatic carbocycles. The normalized spacial score (nSPS) is 15.8. The Kier molecular flexibility index (Phi) is 11.5. The molecular formula is C40H45N5O9. The van der Waals surface area contributed by atoms with Crippen molar-refractivity contribution in [1.29, 1.82) is 0 Å². The van der Waals surface area contributed by atoms with Crippen molar-refractivity contribution in [2.75, 3.05) is 14.2 Å². The summed E-state index contributed by atoms with van der Waals surface area (Å²) in [7, 11) is 2.45. The average Bonchev–Trinajstić information content (AvgIpc) is 3.81. The molecule has 14 heteroatoms. The number of carbonyl (C=O) groups excluding carboxylic acids is 3. The van der Waals surface area contributed by atoms with Gasteiger partial charge in [-0.25, -0.2) is 19.4 Å². The van der Waals surface area contributed by atoms with Crippen LogP contribution in [0.15, 0.2) is 24.8 Å². The number of H-pyrrole nitrogens is 2. The highest BCUT2D eigenvalue weighted by atomic mass is 16.5. The molecule has 5 rings (SSSR count). The van der Waals surface area contributed by atoms with Gasteiger partial charge in [0, 0.05) is 58.0 Å². The number of nitrogens with zero attached hydrogens (tertiary/aromatic N) is 2. The predicted octanol–water partition coefficient (Wildman–Crippen LogP) is 6.13. The fourth-order valence-electron chi connectivity index (χ4n) is 7.31. The van der Waals surface area contributed by atoms with E-state index in [0.29, 0.717) is 23.4 Å². The van der Waals surface area contributed by atoms with Crippen LogP contribution in [0.4, 0.5) is 0 Å². The lowest BCUT2D eigenvalue weighted by atomic mass is 9.85. The summed E-state index contributed by atoms with van der Waals surface area (Å²) in [6, 6.07) is 4.34. The van der Waals surface area contributed by atoms with E-state index < -0.39 is 54.1 Å². The zero-order chi connectivity index (χ0) is 39.6. The van der Waals surface area contributed by atoms with E-state index in [4.69, 9.17) is 24.5 Å². The van der Waals surface area contributed by atoms with E-state index >= 15 is 0 Å². The minimum Gasteiger partial charge on any atom is -0.481 e. The Labute approximate surface area is 311 Å². The van der Waals surface area contributed by atoms with Gasteiger partial charge in [-0.05, 0) is 80.5 Å². The first-order chi connectivity index (χ1) is 25.6. The predicted molar refractivity (Wildman–Crippen MR) is 203 cm³/mol. The van der Waals surface area contributed by atoms with Crippen LogP contribution in [-0.4, -0.2) is 80.2 Å². The van der Waals surface area contributed by atoms with Gasteiger partial charge in [0.05, 0.1) is 36.9 Å². The smallest absolute Gasteiger partial charge is 0.341 e. The van der Waals surface area contributed by atoms with Crippen molar-refractivity contribution < 1.29 is 43.7 Å². The third-order valence-corrected chi connectivity index (χ3v) is 10.4. The van der Waals surface area contributed by atoms with E-state index in [-0.39, 0.29) is 41.8 Å². The monoisotopic (exact) mass is 739 g/mol. The molecule has 0 fully saturated rings. The molecule has 3 aromatic rings. The van der Waals surface area contributed by atoms with E-state index in [1.54, 1.807) is 13.0 Å². The number of hydrogen-bond donors (Lipinski definition) is 5. The summed E-state index contributed by atoms with van der Waals surface area (Å²) >= 11 is 0. The number of carbonyl (C=O) groups is 5. The second-order valence-corrected chi connectivity index (χ2v) is 13.5. The van der Waals surface area contributed by atoms with Crippen molar-refractivity contribution in [3.8, 4) is 0 Å². The molecule has 2 aliphatic heterocycles. The Morgan fingerprint density at radius 3 is 2.20 bits per heavy atom. The van der Waals surface area contributed by atoms with Crippen LogP contribution < -0.4 is 5.32 Å². The first-order valence-electron chi connectivity index (χ1n) is 17.7. The number of rotatable bonds is 12. The quantitative estimate of drug-likeness (QED) is 0.133. The number of esters is 2. The van der Waals surface area contributed by atoms with Gasteiger partial charge in [0.1, 0.15) is 11.6 Å². The maximum absolute atomic E-state index is 13.9. The summed E-state index contributed by atoms with van der Waals surface area (Å²) in [5.41, 5.74) is 8.82. The standard InChI is InChI=1S/C40H45N5O9/c1-9-22-18(3)26-15-28-20(5)24(11-13-32(46)43-25(38(49)50)12-14-33(47)48)36(44-28)35(40(52)54-8)37-34(39(51)53-7)21(6)29(45-37)17-31-23(10-2)19(4)27(42-31)16-30(22)41-26/h9,15-17,20,24-25,41-42H,1,10-14H2,2-8H3,(H,43,46)(H,47,48)(H,49,50)/t20-,24-,25-/m0/s1. The molecule has 5 heterocycles. The average molecular weight is 740 g/mol. The van der Waals surface area contributed by atoms with E-state index in [1.807, 2.05) is 45.9 Å². The van der Waals surface area contributed by atoms with Crippen molar-refractivity contribution in [2.24, 2.45) is 0 Å². The number of fused-ring (bicyclic) bond motifs is 8. The number of nitrogens with one attached hydrogen (secondary N) is 3. The van der Waals surface area contributed by atoms with E-state index in [0.717, 1.165) is 44.3 Å². The van der Waals surface area contributed by atoms with Gasteiger partial charge in [0.2, 0.25) is 5.91 Å². The molecule has 14 nitrogen and oxygen atoms in total. The topological polar surface area (TPSA) is 214 Å². The first-order valence-corrected chi connectivity index (χ1v) is 17.7. The molecule has 8 bridgehead atoms. The minimum atomic E-state index is -1.40. The van der Waals surface area contributed by atoms with Crippen LogP contribution in [0, 0.1) is 13.8 Å². The minimum absolute atomic E-state index is 0.0196. The highest BCUT2D eigenvalue weighted by Crippen LogP contribution is 2.44. The number of methoxy groups -OCH3 is 2. The number of allylic oxidation sites excluding steroid dienone is 1. The van der Waals surface area contributed by atoms with Crippen LogP contribution in [0.3, 0.4) is 0 Å². The van der Waals surface area contributed by atoms with Crippen LogP contribution in [0.2, 0.25) is 0 Å². The van der Waals surface area contributed by atoms with Gasteiger partial charge in [-0.2, -0.15) is 0 Å². The number of ether oxygens (including phenoxy) is 2. The summed E-state index contributed by atoms with van der Waals surface area (Å²) in [6.45, 7) is 13.7. The molecule has 0 aromatic carbocycles. The Bertz CT molecular complexity index is 2280. The van der Waals surface area contributed by atoms with Crippen molar-refractivity contribution in [1.82, 2.24) is 25.3 Å². The molecule has 3 aromatic heterocycles. The zero-order valence-electron chi connectivity index (χ0n) is 31.4. The molecule has 0 radical (unpaired) electrons. The van der Waals surface area contributed by atoms with E-state index in [1.165, 1.54) is 14.2 Å². The lowest BCUT2D eigenvalue weighted by Crippen LogP contribution is -2.41. The van der Waals surface area contributed by atoms with E-state index in [2.05, 4.69) is 21.9 Å². The molecule has 5 N–H and O–H groups in total. The summed E-state index contributed by atoms with van der Waals surface area (Å²) in [6.07, 6.45) is 1.67. The molecule has 2 aliphatic rings. The molecule has 1 amide bonds. The van der Waals surface area contributed by atoms with Gasteiger partial charge in [-0.1, -0.05) is 26.5 Å². The Morgan fingerprint density at radius 2 is 1.59 bits per heavy atom. The maximum atomic E-state index is 13.9. The van der Waals surface area contributed by atoms with Crippen molar-refractivity contribution in [2.45, 2.75) is 84.6 Å². The third-order valence-electron chi connectivity index (χ3n) is 10.4. The van der Waals surface area contributed by atoms with Crippen molar-refractivity contribution in [3.63, 3.8) is 0 Å². The van der Waals surface area contributed by atoms with Crippen molar-refractivity contribution >= 4 is 69.1 Å². The summed E-state index contributed by atoms with van der Waals surface area (Å²) in [5.74, 6) is -5.68. The number of aryl methyl sites for hydroxylation is 3. The number of amides is 1. The number of aromatic nitrogens is 4. The van der Waals surface area contributed by atoms with Gasteiger partial charge >= 0.3 is 23.9 Å². The van der Waals surface area contributed by atoms with Crippen LogP contribution in [0.1, 0.15) is 114 Å². The third kappa shape index (κ3) is 7.41. The van der Waals surface area contributed by atoms with Crippen LogP contribution in [-0.2, 0) is 35.1 Å². The van der Waals surface area contributed by atoms with Crippen LogP contribution in [0.5, 0.6) is 0 Å². The fraction of sp³-hybridized carbons (Fsp3) is 0.375. The summed E-state index contributed by atoms with van der Waals surface area (Å²) < 4.78 is 10.5. The molecule has 284 valence electrons. The molecular weight excluding hydrogens is 694 g/mol. The number of carboxylic acid groups (broad SMARTS) is 2. The van der Waals surface area contributed by atoms with Gasteiger partial charge < -0.3 is 35.0 Å². The van der Waals surface area contributed by atoms with Crippen LogP contribution >= 0.6 is 0 Å². The first kappa shape index (κ1) is 39.2. The molecule has 0 spiro atoms. The summed E-state index contributed by atoms with van der Waals surface area (Å²) in [5, 5.41) is 21.1. The number of aromatic amines is 2. The zero-order valence-corrected chi connectivity index (χ0v) is 31.4. The Hall–Kier alpha value is -6.05. The largest absolute Gasteiger partial charge is 0.481 e. The molecule has 54 heavy (non-hydrogen) atoms. The maximum Gasteiger partial charge on any atom is 0.341 e. The van der Waals surface area contributed by atoms with Crippen molar-refractivity contribution in [3.05, 3.63) is 75.4 Å². The van der Waals surface area contributed by atoms with E-state index in [9.17, 15) is 29.1 Å².